The van der Waals surface area contributed by atoms with E-state index in [1.54, 1.807) is 26.1 Å². The zero-order chi connectivity index (χ0) is 20.7. The van der Waals surface area contributed by atoms with Crippen LogP contribution in [0.1, 0.15) is 22.8 Å². The molecular weight excluding hydrogens is 380 g/mol. The Hall–Kier alpha value is -4.00. The Morgan fingerprint density at radius 3 is 1.50 bits per heavy atom. The average molecular weight is 400 g/mol. The highest BCUT2D eigenvalue weighted by Crippen LogP contribution is 2.39. The van der Waals surface area contributed by atoms with Crippen molar-refractivity contribution in [1.29, 1.82) is 0 Å². The van der Waals surface area contributed by atoms with E-state index in [0.717, 1.165) is 33.8 Å². The lowest BCUT2D eigenvalue weighted by atomic mass is 10.3. The van der Waals surface area contributed by atoms with Gasteiger partial charge in [0.1, 0.15) is 18.1 Å². The monoisotopic (exact) mass is 400 g/mol. The molecule has 0 amide bonds. The fraction of sp³-hybridized carbons (Fsp3) is 0.130. The molecule has 2 aliphatic heterocycles. The molecule has 0 aromatic carbocycles. The molecule has 0 fully saturated rings. The summed E-state index contributed by atoms with van der Waals surface area (Å²) in [7, 11) is 4.81. The van der Waals surface area contributed by atoms with E-state index in [1.165, 1.54) is 0 Å². The van der Waals surface area contributed by atoms with Crippen LogP contribution in [0.2, 0.25) is 0 Å². The van der Waals surface area contributed by atoms with E-state index in [1.807, 2.05) is 60.7 Å². The Kier molecular flexibility index (Phi) is 4.28. The second-order valence-electron chi connectivity index (χ2n) is 6.85. The summed E-state index contributed by atoms with van der Waals surface area (Å²) in [5, 5.41) is 0. The SMILES string of the molecule is COc1c(OC)c2cc3nc(cc4ccc(cc5nc(cc1n2OC)C=C5)[nH]4)C=C3. The summed E-state index contributed by atoms with van der Waals surface area (Å²) in [6.07, 6.45) is 7.84. The van der Waals surface area contributed by atoms with Gasteiger partial charge in [0.05, 0.1) is 37.0 Å². The fourth-order valence-electron chi connectivity index (χ4n) is 3.69. The molecule has 8 bridgehead atoms. The zero-order valence-electron chi connectivity index (χ0n) is 16.8. The van der Waals surface area contributed by atoms with Crippen LogP contribution in [0.5, 0.6) is 11.5 Å². The number of hydrogen-bond donors (Lipinski definition) is 1. The van der Waals surface area contributed by atoms with Crippen LogP contribution in [-0.4, -0.2) is 41.0 Å². The summed E-state index contributed by atoms with van der Waals surface area (Å²) in [4.78, 5) is 18.4. The first-order valence-electron chi connectivity index (χ1n) is 9.45. The standard InChI is InChI=1S/C23H20N4O3/c1-28-22-20-12-18-8-6-16(25-18)10-14-4-5-15(24-14)11-17-7-9-19(26-17)13-21(23(22)29-2)27(20)30-3/h4-13,24H,1-3H3. The Morgan fingerprint density at radius 2 is 1.10 bits per heavy atom. The van der Waals surface area contributed by atoms with Crippen LogP contribution in [0.4, 0.5) is 0 Å². The molecule has 7 heteroatoms. The van der Waals surface area contributed by atoms with Crippen molar-refractivity contribution >= 4 is 46.4 Å². The van der Waals surface area contributed by atoms with Crippen LogP contribution in [0, 0.1) is 0 Å². The van der Waals surface area contributed by atoms with Crippen molar-refractivity contribution in [3.63, 3.8) is 0 Å². The first-order valence-corrected chi connectivity index (χ1v) is 9.45. The van der Waals surface area contributed by atoms with Crippen molar-refractivity contribution in [3.8, 4) is 11.5 Å². The van der Waals surface area contributed by atoms with Crippen LogP contribution in [0.25, 0.3) is 46.4 Å². The summed E-state index contributed by atoms with van der Waals surface area (Å²) in [6.45, 7) is 0. The smallest absolute Gasteiger partial charge is 0.190 e. The third-order valence-electron chi connectivity index (χ3n) is 4.97. The maximum Gasteiger partial charge on any atom is 0.190 e. The first kappa shape index (κ1) is 18.1. The molecule has 0 spiro atoms. The number of nitrogens with one attached hydrogen (secondary N) is 1. The first-order chi connectivity index (χ1) is 14.7. The van der Waals surface area contributed by atoms with Crippen molar-refractivity contribution in [2.75, 3.05) is 21.3 Å². The highest BCUT2D eigenvalue weighted by Gasteiger charge is 2.19. The molecular formula is C23H20N4O3. The van der Waals surface area contributed by atoms with Gasteiger partial charge in [-0.3, -0.25) is 0 Å². The van der Waals surface area contributed by atoms with E-state index < -0.39 is 0 Å². The number of ether oxygens (including phenoxy) is 2. The minimum Gasteiger partial charge on any atom is -0.491 e. The number of hydrogen-bond acceptors (Lipinski definition) is 5. The second kappa shape index (κ2) is 7.11. The summed E-state index contributed by atoms with van der Waals surface area (Å²) in [5.74, 6) is 1.13. The molecule has 150 valence electrons. The lowest BCUT2D eigenvalue weighted by molar-refractivity contribution is 0.188. The van der Waals surface area contributed by atoms with Crippen LogP contribution in [-0.2, 0) is 0 Å². The lowest BCUT2D eigenvalue weighted by Crippen LogP contribution is -2.04. The molecule has 0 saturated carbocycles. The van der Waals surface area contributed by atoms with Gasteiger partial charge in [0.2, 0.25) is 0 Å². The fourth-order valence-corrected chi connectivity index (χ4v) is 3.69. The normalized spacial score (nSPS) is 12.2. The summed E-state index contributed by atoms with van der Waals surface area (Å²) >= 11 is 0. The zero-order valence-corrected chi connectivity index (χ0v) is 16.8. The third-order valence-corrected chi connectivity index (χ3v) is 4.97. The van der Waals surface area contributed by atoms with Gasteiger partial charge in [0, 0.05) is 11.0 Å². The lowest BCUT2D eigenvalue weighted by Gasteiger charge is -2.03. The van der Waals surface area contributed by atoms with Gasteiger partial charge in [-0.05, 0) is 60.7 Å². The summed E-state index contributed by atoms with van der Waals surface area (Å²) in [5.41, 5.74) is 6.59. The molecule has 0 radical (unpaired) electrons. The number of methoxy groups -OCH3 is 2. The topological polar surface area (TPSA) is 74.2 Å². The predicted octanol–water partition coefficient (Wildman–Crippen LogP) is 4.20. The highest BCUT2D eigenvalue weighted by molar-refractivity contribution is 5.85. The van der Waals surface area contributed by atoms with E-state index in [9.17, 15) is 0 Å². The quantitative estimate of drug-likeness (QED) is 0.491. The molecule has 0 atom stereocenters. The molecule has 5 rings (SSSR count). The van der Waals surface area contributed by atoms with E-state index in [-0.39, 0.29) is 0 Å². The molecule has 5 heterocycles. The number of fused-ring (bicyclic) bond motifs is 8. The van der Waals surface area contributed by atoms with Gasteiger partial charge in [0.15, 0.2) is 11.5 Å². The largest absolute Gasteiger partial charge is 0.491 e. The Labute approximate surface area is 172 Å². The Balaban J connectivity index is 1.95. The van der Waals surface area contributed by atoms with Crippen LogP contribution >= 0.6 is 0 Å². The number of nitrogens with zero attached hydrogens (tertiary/aromatic N) is 3. The molecule has 3 aromatic rings. The minimum absolute atomic E-state index is 0.565. The maximum absolute atomic E-state index is 5.68. The molecule has 0 saturated heterocycles. The number of rotatable bonds is 3. The van der Waals surface area contributed by atoms with E-state index in [4.69, 9.17) is 24.3 Å². The van der Waals surface area contributed by atoms with Crippen LogP contribution in [0.15, 0.2) is 36.4 Å². The predicted molar refractivity (Wildman–Crippen MR) is 118 cm³/mol. The molecule has 7 nitrogen and oxygen atoms in total. The number of H-pyrrole nitrogens is 1. The van der Waals surface area contributed by atoms with Gasteiger partial charge in [-0.25, -0.2) is 9.97 Å². The summed E-state index contributed by atoms with van der Waals surface area (Å²) < 4.78 is 13.0. The Bertz CT molecular complexity index is 1260. The van der Waals surface area contributed by atoms with Crippen LogP contribution in [0.3, 0.4) is 0 Å². The van der Waals surface area contributed by atoms with E-state index in [0.29, 0.717) is 22.5 Å². The van der Waals surface area contributed by atoms with Crippen molar-refractivity contribution in [1.82, 2.24) is 19.7 Å². The molecule has 0 aliphatic carbocycles. The second-order valence-corrected chi connectivity index (χ2v) is 6.85. The summed E-state index contributed by atoms with van der Waals surface area (Å²) in [6, 6.07) is 11.8. The van der Waals surface area contributed by atoms with Gasteiger partial charge >= 0.3 is 0 Å². The van der Waals surface area contributed by atoms with Crippen molar-refractivity contribution < 1.29 is 14.3 Å². The molecule has 30 heavy (non-hydrogen) atoms. The van der Waals surface area contributed by atoms with E-state index >= 15 is 0 Å². The van der Waals surface area contributed by atoms with Gasteiger partial charge in [-0.1, -0.05) is 0 Å². The molecule has 3 aromatic heterocycles. The van der Waals surface area contributed by atoms with Gasteiger partial charge in [0.25, 0.3) is 0 Å². The van der Waals surface area contributed by atoms with Crippen LogP contribution < -0.4 is 14.3 Å². The van der Waals surface area contributed by atoms with Crippen molar-refractivity contribution in [3.05, 3.63) is 59.2 Å². The van der Waals surface area contributed by atoms with Gasteiger partial charge < -0.3 is 19.3 Å². The number of aromatic nitrogens is 4. The molecule has 1 N–H and O–H groups in total. The van der Waals surface area contributed by atoms with Gasteiger partial charge in [-0.15, -0.1) is 0 Å². The van der Waals surface area contributed by atoms with Crippen molar-refractivity contribution in [2.45, 2.75) is 0 Å². The third kappa shape index (κ3) is 3.00. The average Bonchev–Trinajstić information content (AvgIpc) is 3.51. The van der Waals surface area contributed by atoms with E-state index in [2.05, 4.69) is 4.98 Å². The molecule has 0 unspecified atom stereocenters. The van der Waals surface area contributed by atoms with Gasteiger partial charge in [-0.2, -0.15) is 4.73 Å². The van der Waals surface area contributed by atoms with Crippen molar-refractivity contribution in [2.24, 2.45) is 0 Å². The highest BCUT2D eigenvalue weighted by atomic mass is 16.6. The Morgan fingerprint density at radius 1 is 0.667 bits per heavy atom. The maximum atomic E-state index is 5.68. The number of aromatic amines is 1. The molecule has 2 aliphatic rings. The minimum atomic E-state index is 0.565.